The van der Waals surface area contributed by atoms with Crippen LogP contribution in [0.4, 0.5) is 11.5 Å². The van der Waals surface area contributed by atoms with Crippen molar-refractivity contribution >= 4 is 21.5 Å². The van der Waals surface area contributed by atoms with Gasteiger partial charge in [-0.25, -0.2) is 13.4 Å². The summed E-state index contributed by atoms with van der Waals surface area (Å²) >= 11 is 0. The lowest BCUT2D eigenvalue weighted by molar-refractivity contribution is 0.601. The summed E-state index contributed by atoms with van der Waals surface area (Å²) in [7, 11) is -3.63. The molecule has 0 saturated heterocycles. The number of nitrogens with one attached hydrogen (secondary N) is 2. The molecule has 2 N–H and O–H groups in total. The topological polar surface area (TPSA) is 71.1 Å². The van der Waals surface area contributed by atoms with Crippen LogP contribution in [0.1, 0.15) is 45.6 Å². The van der Waals surface area contributed by atoms with Crippen LogP contribution >= 0.6 is 0 Å². The van der Waals surface area contributed by atoms with E-state index in [0.29, 0.717) is 17.7 Å². The first-order chi connectivity index (χ1) is 11.8. The highest BCUT2D eigenvalue weighted by atomic mass is 32.2. The smallest absolute Gasteiger partial charge is 0.263 e. The molecule has 2 rings (SSSR count). The second-order valence-electron chi connectivity index (χ2n) is 6.87. The number of hydrogen-bond acceptors (Lipinski definition) is 4. The van der Waals surface area contributed by atoms with Gasteiger partial charge in [0.1, 0.15) is 5.82 Å². The van der Waals surface area contributed by atoms with Crippen LogP contribution in [-0.2, 0) is 10.0 Å². The molecule has 6 heteroatoms. The zero-order chi connectivity index (χ0) is 18.4. The summed E-state index contributed by atoms with van der Waals surface area (Å²) in [6, 6.07) is 10.4. The average Bonchev–Trinajstić information content (AvgIpc) is 2.56. The van der Waals surface area contributed by atoms with Gasteiger partial charge in [0.2, 0.25) is 0 Å². The number of benzene rings is 1. The Morgan fingerprint density at radius 3 is 2.20 bits per heavy atom. The summed E-state index contributed by atoms with van der Waals surface area (Å²) in [6.07, 6.45) is 2.71. The molecule has 5 nitrogen and oxygen atoms in total. The van der Waals surface area contributed by atoms with Gasteiger partial charge >= 0.3 is 0 Å². The number of nitrogens with zero attached hydrogens (tertiary/aromatic N) is 1. The van der Waals surface area contributed by atoms with Gasteiger partial charge in [0.05, 0.1) is 16.8 Å². The van der Waals surface area contributed by atoms with Crippen molar-refractivity contribution in [2.75, 3.05) is 16.6 Å². The fourth-order valence-corrected chi connectivity index (χ4v) is 3.30. The van der Waals surface area contributed by atoms with E-state index in [1.54, 1.807) is 24.4 Å². The maximum absolute atomic E-state index is 12.4. The molecule has 1 heterocycles. The molecule has 1 aromatic carbocycles. The molecule has 0 spiro atoms. The molecule has 0 aliphatic rings. The lowest BCUT2D eigenvalue weighted by Crippen LogP contribution is -2.14. The van der Waals surface area contributed by atoms with Crippen LogP contribution in [0.15, 0.2) is 47.5 Å². The van der Waals surface area contributed by atoms with Crippen LogP contribution in [0, 0.1) is 5.92 Å². The van der Waals surface area contributed by atoms with Gasteiger partial charge in [-0.2, -0.15) is 0 Å². The Bertz CT molecular complexity index is 767. The predicted molar refractivity (Wildman–Crippen MR) is 104 cm³/mol. The highest BCUT2D eigenvalue weighted by molar-refractivity contribution is 7.92. The van der Waals surface area contributed by atoms with Crippen LogP contribution in [0.25, 0.3) is 0 Å². The highest BCUT2D eigenvalue weighted by Gasteiger charge is 2.15. The van der Waals surface area contributed by atoms with Crippen molar-refractivity contribution in [2.24, 2.45) is 5.92 Å². The second kappa shape index (κ2) is 8.34. The molecule has 0 amide bonds. The van der Waals surface area contributed by atoms with E-state index in [9.17, 15) is 8.42 Å². The molecule has 136 valence electrons. The molecule has 0 saturated carbocycles. The molecular formula is C19H27N3O2S. The Balaban J connectivity index is 2.02. The predicted octanol–water partition coefficient (Wildman–Crippen LogP) is 4.46. The third-order valence-electron chi connectivity index (χ3n) is 3.91. The van der Waals surface area contributed by atoms with Gasteiger partial charge in [0, 0.05) is 6.54 Å². The third kappa shape index (κ3) is 5.74. The molecule has 0 aliphatic carbocycles. The molecule has 0 aliphatic heterocycles. The van der Waals surface area contributed by atoms with Gasteiger partial charge in [0.25, 0.3) is 10.0 Å². The van der Waals surface area contributed by atoms with E-state index in [1.165, 1.54) is 0 Å². The van der Waals surface area contributed by atoms with Gasteiger partial charge in [-0.1, -0.05) is 39.8 Å². The Hall–Kier alpha value is -2.08. The van der Waals surface area contributed by atoms with E-state index >= 15 is 0 Å². The van der Waals surface area contributed by atoms with Crippen molar-refractivity contribution in [1.29, 1.82) is 0 Å². The summed E-state index contributed by atoms with van der Waals surface area (Å²) in [5.41, 5.74) is 1.98. The summed E-state index contributed by atoms with van der Waals surface area (Å²) in [6.45, 7) is 9.36. The van der Waals surface area contributed by atoms with Crippen molar-refractivity contribution in [3.63, 3.8) is 0 Å². The normalized spacial score (nSPS) is 11.8. The van der Waals surface area contributed by atoms with E-state index in [1.807, 2.05) is 18.2 Å². The monoisotopic (exact) mass is 361 g/mol. The maximum Gasteiger partial charge on any atom is 0.263 e. The first-order valence-corrected chi connectivity index (χ1v) is 10.1. The first kappa shape index (κ1) is 19.2. The van der Waals surface area contributed by atoms with E-state index < -0.39 is 10.0 Å². The van der Waals surface area contributed by atoms with Crippen LogP contribution in [0.5, 0.6) is 0 Å². The number of rotatable bonds is 8. The van der Waals surface area contributed by atoms with Crippen molar-refractivity contribution in [1.82, 2.24) is 4.98 Å². The summed E-state index contributed by atoms with van der Waals surface area (Å²) < 4.78 is 27.4. The molecule has 25 heavy (non-hydrogen) atoms. The van der Waals surface area contributed by atoms with Crippen molar-refractivity contribution in [3.05, 3.63) is 48.2 Å². The minimum absolute atomic E-state index is 0.234. The maximum atomic E-state index is 12.4. The minimum atomic E-state index is -3.63. The van der Waals surface area contributed by atoms with Gasteiger partial charge < -0.3 is 5.32 Å². The van der Waals surface area contributed by atoms with Gasteiger partial charge in [-0.3, -0.25) is 4.72 Å². The average molecular weight is 362 g/mol. The van der Waals surface area contributed by atoms with Crippen LogP contribution in [-0.4, -0.2) is 19.9 Å². The summed E-state index contributed by atoms with van der Waals surface area (Å²) in [4.78, 5) is 4.41. The van der Waals surface area contributed by atoms with Crippen LogP contribution in [0.2, 0.25) is 0 Å². The summed E-state index contributed by atoms with van der Waals surface area (Å²) in [5, 5.41) is 3.27. The molecule has 0 unspecified atom stereocenters. The lowest BCUT2D eigenvalue weighted by atomic mass is 10.0. The van der Waals surface area contributed by atoms with E-state index in [4.69, 9.17) is 0 Å². The minimum Gasteiger partial charge on any atom is -0.384 e. The van der Waals surface area contributed by atoms with Crippen molar-refractivity contribution in [3.8, 4) is 0 Å². The zero-order valence-corrected chi connectivity index (χ0v) is 16.1. The Labute approximate surface area is 150 Å². The fraction of sp³-hybridized carbons (Fsp3) is 0.421. The quantitative estimate of drug-likeness (QED) is 0.728. The van der Waals surface area contributed by atoms with E-state index in [2.05, 4.69) is 42.7 Å². The fourth-order valence-electron chi connectivity index (χ4n) is 2.29. The van der Waals surface area contributed by atoms with Crippen molar-refractivity contribution < 1.29 is 8.42 Å². The number of pyridine rings is 1. The molecule has 0 bridgehead atoms. The summed E-state index contributed by atoms with van der Waals surface area (Å²) in [5.74, 6) is 1.30. The standard InChI is InChI=1S/C19H27N3O2S/c1-14(2)11-12-20-17-7-10-19(21-13-17)22-25(23,24)18-8-5-16(6-9-18)15(3)4/h5-10,13-15,20H,11-12H2,1-4H3,(H,21,22). The van der Waals surface area contributed by atoms with Crippen LogP contribution in [0.3, 0.4) is 0 Å². The Morgan fingerprint density at radius 2 is 1.68 bits per heavy atom. The number of anilines is 2. The highest BCUT2D eigenvalue weighted by Crippen LogP contribution is 2.19. The first-order valence-electron chi connectivity index (χ1n) is 8.60. The van der Waals surface area contributed by atoms with Crippen LogP contribution < -0.4 is 10.0 Å². The number of hydrogen-bond donors (Lipinski definition) is 2. The second-order valence-corrected chi connectivity index (χ2v) is 8.55. The van der Waals surface area contributed by atoms with Gasteiger partial charge in [0.15, 0.2) is 0 Å². The Morgan fingerprint density at radius 1 is 1.00 bits per heavy atom. The van der Waals surface area contributed by atoms with Crippen molar-refractivity contribution in [2.45, 2.75) is 44.9 Å². The van der Waals surface area contributed by atoms with E-state index in [-0.39, 0.29) is 4.90 Å². The Kier molecular flexibility index (Phi) is 6.42. The number of sulfonamides is 1. The zero-order valence-electron chi connectivity index (χ0n) is 15.3. The van der Waals surface area contributed by atoms with Gasteiger partial charge in [-0.15, -0.1) is 0 Å². The van der Waals surface area contributed by atoms with Gasteiger partial charge in [-0.05, 0) is 48.1 Å². The number of aromatic nitrogens is 1. The lowest BCUT2D eigenvalue weighted by Gasteiger charge is -2.11. The molecular weight excluding hydrogens is 334 g/mol. The molecule has 1 aromatic heterocycles. The molecule has 0 radical (unpaired) electrons. The molecule has 0 atom stereocenters. The third-order valence-corrected chi connectivity index (χ3v) is 5.28. The molecule has 0 fully saturated rings. The largest absolute Gasteiger partial charge is 0.384 e. The van der Waals surface area contributed by atoms with E-state index in [0.717, 1.165) is 24.2 Å². The SMILES string of the molecule is CC(C)CCNc1ccc(NS(=O)(=O)c2ccc(C(C)C)cc2)nc1. The molecule has 2 aromatic rings.